The van der Waals surface area contributed by atoms with Crippen molar-refractivity contribution in [3.8, 4) is 0 Å². The van der Waals surface area contributed by atoms with Gasteiger partial charge < -0.3 is 5.32 Å². The van der Waals surface area contributed by atoms with E-state index in [1.807, 2.05) is 19.1 Å². The summed E-state index contributed by atoms with van der Waals surface area (Å²) in [6.45, 7) is 1.85. The minimum absolute atomic E-state index is 0.246. The lowest BCUT2D eigenvalue weighted by molar-refractivity contribution is -0.119. The molecule has 1 N–H and O–H groups in total. The van der Waals surface area contributed by atoms with Crippen molar-refractivity contribution >= 4 is 55.0 Å². The first kappa shape index (κ1) is 17.6. The van der Waals surface area contributed by atoms with Crippen LogP contribution < -0.4 is 10.9 Å². The zero-order valence-corrected chi connectivity index (χ0v) is 15.9. The fraction of sp³-hybridized carbons (Fsp3) is 0.158. The highest BCUT2D eigenvalue weighted by atomic mass is 35.5. The molecule has 0 aliphatic rings. The highest BCUT2D eigenvalue weighted by molar-refractivity contribution is 7.25. The van der Waals surface area contributed by atoms with E-state index in [9.17, 15) is 9.59 Å². The molecule has 0 radical (unpaired) electrons. The van der Waals surface area contributed by atoms with E-state index in [2.05, 4.69) is 15.3 Å². The second-order valence-corrected chi connectivity index (χ2v) is 7.39. The molecule has 0 spiro atoms. The quantitative estimate of drug-likeness (QED) is 0.557. The number of pyridine rings is 1. The average molecular weight is 399 g/mol. The monoisotopic (exact) mass is 398 g/mol. The first-order valence-corrected chi connectivity index (χ1v) is 9.59. The number of carbonyl (C=O) groups is 1. The van der Waals surface area contributed by atoms with E-state index in [4.69, 9.17) is 11.6 Å². The van der Waals surface area contributed by atoms with E-state index in [1.54, 1.807) is 30.5 Å². The predicted octanol–water partition coefficient (Wildman–Crippen LogP) is 4.25. The average Bonchev–Trinajstić information content (AvgIpc) is 3.06. The maximum atomic E-state index is 13.0. The van der Waals surface area contributed by atoms with Gasteiger partial charge in [0.25, 0.3) is 5.56 Å². The van der Waals surface area contributed by atoms with Crippen LogP contribution in [0.1, 0.15) is 19.4 Å². The van der Waals surface area contributed by atoms with Crippen molar-refractivity contribution in [2.45, 2.75) is 19.4 Å². The molecule has 0 bridgehead atoms. The molecular formula is C19H15ClN4O2S. The molecule has 0 saturated heterocycles. The van der Waals surface area contributed by atoms with Gasteiger partial charge >= 0.3 is 0 Å². The third kappa shape index (κ3) is 3.09. The van der Waals surface area contributed by atoms with E-state index in [0.29, 0.717) is 27.3 Å². The van der Waals surface area contributed by atoms with Crippen molar-refractivity contribution in [1.82, 2.24) is 14.5 Å². The maximum Gasteiger partial charge on any atom is 0.272 e. The zero-order chi connectivity index (χ0) is 19.0. The molecule has 4 aromatic rings. The zero-order valence-electron chi connectivity index (χ0n) is 14.3. The minimum atomic E-state index is -0.691. The van der Waals surface area contributed by atoms with Gasteiger partial charge in [0.15, 0.2) is 0 Å². The van der Waals surface area contributed by atoms with Crippen LogP contribution in [0.2, 0.25) is 5.02 Å². The number of hydrogen-bond donors (Lipinski definition) is 1. The van der Waals surface area contributed by atoms with Crippen LogP contribution in [-0.4, -0.2) is 20.4 Å². The number of benzene rings is 1. The molecular weight excluding hydrogens is 384 g/mol. The minimum Gasteiger partial charge on any atom is -0.323 e. The molecule has 1 aromatic carbocycles. The van der Waals surface area contributed by atoms with Crippen molar-refractivity contribution in [1.29, 1.82) is 0 Å². The van der Waals surface area contributed by atoms with Gasteiger partial charge in [-0.15, -0.1) is 11.3 Å². The Bertz CT molecular complexity index is 1220. The van der Waals surface area contributed by atoms with E-state index < -0.39 is 6.04 Å². The van der Waals surface area contributed by atoms with Gasteiger partial charge in [0, 0.05) is 11.6 Å². The summed E-state index contributed by atoms with van der Waals surface area (Å²) in [5.41, 5.74) is 0.880. The second-order valence-electron chi connectivity index (χ2n) is 5.99. The molecule has 0 saturated carbocycles. The molecule has 0 aliphatic heterocycles. The number of nitrogens with zero attached hydrogens (tertiary/aromatic N) is 3. The van der Waals surface area contributed by atoms with Gasteiger partial charge in [-0.25, -0.2) is 9.97 Å². The third-order valence-corrected chi connectivity index (χ3v) is 5.76. The molecule has 27 heavy (non-hydrogen) atoms. The number of rotatable bonds is 4. The number of carbonyl (C=O) groups excluding carboxylic acids is 1. The smallest absolute Gasteiger partial charge is 0.272 e. The number of hydrogen-bond acceptors (Lipinski definition) is 5. The highest BCUT2D eigenvalue weighted by Crippen LogP contribution is 2.29. The number of amides is 1. The van der Waals surface area contributed by atoms with Crippen molar-refractivity contribution < 1.29 is 4.79 Å². The lowest BCUT2D eigenvalue weighted by Crippen LogP contribution is -2.33. The van der Waals surface area contributed by atoms with Crippen molar-refractivity contribution in [2.75, 3.05) is 5.32 Å². The topological polar surface area (TPSA) is 76.9 Å². The van der Waals surface area contributed by atoms with Gasteiger partial charge in [-0.05, 0) is 30.7 Å². The van der Waals surface area contributed by atoms with Gasteiger partial charge in [0.1, 0.15) is 15.6 Å². The Morgan fingerprint density at radius 1 is 1.26 bits per heavy atom. The van der Waals surface area contributed by atoms with Gasteiger partial charge in [-0.3, -0.25) is 14.2 Å². The first-order chi connectivity index (χ1) is 13.1. The lowest BCUT2D eigenvalue weighted by Gasteiger charge is -2.18. The Kier molecular flexibility index (Phi) is 4.63. The Labute approximate surface area is 163 Å². The molecule has 1 atom stereocenters. The number of halogens is 1. The summed E-state index contributed by atoms with van der Waals surface area (Å²) < 4.78 is 1.87. The van der Waals surface area contributed by atoms with Crippen LogP contribution in [0.5, 0.6) is 0 Å². The molecule has 0 fully saturated rings. The molecule has 4 rings (SSSR count). The van der Waals surface area contributed by atoms with Gasteiger partial charge in [0.05, 0.1) is 22.6 Å². The lowest BCUT2D eigenvalue weighted by atomic mass is 10.2. The number of aromatic nitrogens is 3. The molecule has 136 valence electrons. The van der Waals surface area contributed by atoms with E-state index in [-0.39, 0.29) is 11.5 Å². The fourth-order valence-electron chi connectivity index (χ4n) is 2.99. The summed E-state index contributed by atoms with van der Waals surface area (Å²) in [7, 11) is 0. The summed E-state index contributed by atoms with van der Waals surface area (Å²) in [5, 5.41) is 4.08. The summed E-state index contributed by atoms with van der Waals surface area (Å²) >= 11 is 7.40. The van der Waals surface area contributed by atoms with Gasteiger partial charge in [-0.2, -0.15) is 0 Å². The van der Waals surface area contributed by atoms with Crippen LogP contribution in [0.4, 0.5) is 5.69 Å². The summed E-state index contributed by atoms with van der Waals surface area (Å²) in [6.07, 6.45) is 3.55. The number of thiophene rings is 1. The molecule has 6 nitrogen and oxygen atoms in total. The highest BCUT2D eigenvalue weighted by Gasteiger charge is 2.23. The largest absolute Gasteiger partial charge is 0.323 e. The van der Waals surface area contributed by atoms with Crippen molar-refractivity contribution in [3.05, 3.63) is 64.3 Å². The van der Waals surface area contributed by atoms with E-state index >= 15 is 0 Å². The second kappa shape index (κ2) is 7.09. The van der Waals surface area contributed by atoms with Crippen LogP contribution in [-0.2, 0) is 4.79 Å². The molecule has 8 heteroatoms. The van der Waals surface area contributed by atoms with E-state index in [0.717, 1.165) is 10.2 Å². The van der Waals surface area contributed by atoms with Crippen molar-refractivity contribution in [3.63, 3.8) is 0 Å². The summed E-state index contributed by atoms with van der Waals surface area (Å²) in [4.78, 5) is 35.3. The first-order valence-electron chi connectivity index (χ1n) is 8.40. The Hall–Kier alpha value is -2.77. The van der Waals surface area contributed by atoms with E-state index in [1.165, 1.54) is 22.2 Å². The molecule has 3 heterocycles. The molecule has 3 aromatic heterocycles. The van der Waals surface area contributed by atoms with Crippen LogP contribution in [0.3, 0.4) is 0 Å². The third-order valence-electron chi connectivity index (χ3n) is 4.34. The van der Waals surface area contributed by atoms with Gasteiger partial charge in [-0.1, -0.05) is 30.7 Å². The summed E-state index contributed by atoms with van der Waals surface area (Å²) in [5.74, 6) is -0.312. The SMILES string of the molecule is CCC(C(=O)Nc1ccccc1Cl)n1cnc2c(sc3ncccc32)c1=O. The van der Waals surface area contributed by atoms with Crippen LogP contribution in [0.25, 0.3) is 20.4 Å². The number of fused-ring (bicyclic) bond motifs is 3. The van der Waals surface area contributed by atoms with Crippen LogP contribution in [0.15, 0.2) is 53.7 Å². The number of para-hydroxylation sites is 1. The Morgan fingerprint density at radius 3 is 2.85 bits per heavy atom. The Balaban J connectivity index is 1.76. The van der Waals surface area contributed by atoms with Gasteiger partial charge in [0.2, 0.25) is 5.91 Å². The molecule has 1 unspecified atom stereocenters. The van der Waals surface area contributed by atoms with Crippen LogP contribution in [0, 0.1) is 0 Å². The fourth-order valence-corrected chi connectivity index (χ4v) is 4.21. The van der Waals surface area contributed by atoms with Crippen molar-refractivity contribution in [2.24, 2.45) is 0 Å². The maximum absolute atomic E-state index is 13.0. The number of anilines is 1. The van der Waals surface area contributed by atoms with Crippen LogP contribution >= 0.6 is 22.9 Å². The Morgan fingerprint density at radius 2 is 2.07 bits per heavy atom. The summed E-state index contributed by atoms with van der Waals surface area (Å²) in [6, 6.07) is 9.99. The molecule has 0 aliphatic carbocycles. The molecule has 1 amide bonds. The predicted molar refractivity (Wildman–Crippen MR) is 109 cm³/mol. The number of nitrogens with one attached hydrogen (secondary N) is 1. The normalized spacial score (nSPS) is 12.4. The standard InChI is InChI=1S/C19H15ClN4O2S/c1-2-14(17(25)23-13-8-4-3-7-12(13)20)24-10-22-15-11-6-5-9-21-18(11)27-16(15)19(24)26/h3-10,14H,2H2,1H3,(H,23,25).